The maximum Gasteiger partial charge on any atom is 0.350 e. The Morgan fingerprint density at radius 1 is 0.972 bits per heavy atom. The van der Waals surface area contributed by atoms with Crippen molar-refractivity contribution in [3.8, 4) is 11.6 Å². The molecule has 0 fully saturated rings. The van der Waals surface area contributed by atoms with Gasteiger partial charge < -0.3 is 19.6 Å². The molecule has 2 N–H and O–H groups in total. The van der Waals surface area contributed by atoms with Crippen LogP contribution in [0.3, 0.4) is 0 Å². The van der Waals surface area contributed by atoms with Crippen molar-refractivity contribution in [1.82, 2.24) is 9.55 Å². The molecule has 0 unspecified atom stereocenters. The molecule has 0 spiro atoms. The van der Waals surface area contributed by atoms with E-state index < -0.39 is 34.5 Å². The van der Waals surface area contributed by atoms with Crippen molar-refractivity contribution in [2.75, 3.05) is 0 Å². The number of H-pyrrole nitrogens is 1. The Kier molecular flexibility index (Phi) is 7.91. The first-order valence-electron chi connectivity index (χ1n) is 11.7. The summed E-state index contributed by atoms with van der Waals surface area (Å²) >= 11 is 0. The maximum atomic E-state index is 13.4. The number of ether oxygens (including phenoxy) is 2. The fraction of sp³-hybridized carbons (Fsp3) is 0.407. The zero-order valence-corrected chi connectivity index (χ0v) is 21.2. The number of imidazole rings is 1. The van der Waals surface area contributed by atoms with E-state index in [9.17, 15) is 23.5 Å². The highest BCUT2D eigenvalue weighted by atomic mass is 19.1. The quantitative estimate of drug-likeness (QED) is 0.407. The molecule has 0 atom stereocenters. The highest BCUT2D eigenvalue weighted by Gasteiger charge is 2.34. The van der Waals surface area contributed by atoms with E-state index in [-0.39, 0.29) is 18.0 Å². The van der Waals surface area contributed by atoms with Crippen LogP contribution in [-0.2, 0) is 28.9 Å². The van der Waals surface area contributed by atoms with Crippen LogP contribution in [-0.4, -0.2) is 31.8 Å². The van der Waals surface area contributed by atoms with Gasteiger partial charge in [0.05, 0.1) is 12.2 Å². The number of aryl methyl sites for hydroxylation is 2. The summed E-state index contributed by atoms with van der Waals surface area (Å²) in [6, 6.07) is 10.3. The number of aromatic nitrogens is 2. The average molecular weight is 503 g/mol. The highest BCUT2D eigenvalue weighted by molar-refractivity contribution is 5.79. The largest absolute Gasteiger partial charge is 0.493 e. The lowest BCUT2D eigenvalue weighted by Crippen LogP contribution is -2.43. The third-order valence-electron chi connectivity index (χ3n) is 5.37. The van der Waals surface area contributed by atoms with Gasteiger partial charge in [-0.15, -0.1) is 0 Å². The summed E-state index contributed by atoms with van der Waals surface area (Å²) in [4.78, 5) is 27.3. The lowest BCUT2D eigenvalue weighted by molar-refractivity contribution is -0.170. The van der Waals surface area contributed by atoms with Gasteiger partial charge in [-0.25, -0.2) is 18.4 Å². The predicted molar refractivity (Wildman–Crippen MR) is 131 cm³/mol. The molecule has 0 bridgehead atoms. The number of nitrogens with one attached hydrogen (secondary N) is 1. The van der Waals surface area contributed by atoms with Gasteiger partial charge in [0, 0.05) is 6.07 Å². The van der Waals surface area contributed by atoms with Gasteiger partial charge in [0.25, 0.3) is 0 Å². The number of carbonyl (C=O) groups excluding carboxylic acids is 1. The molecule has 0 aliphatic carbocycles. The molecule has 0 saturated heterocycles. The van der Waals surface area contributed by atoms with Gasteiger partial charge in [-0.1, -0.05) is 12.1 Å². The average Bonchev–Trinajstić information content (AvgIpc) is 3.00. The summed E-state index contributed by atoms with van der Waals surface area (Å²) in [5.74, 6) is -1.68. The zero-order chi connectivity index (χ0) is 26.7. The van der Waals surface area contributed by atoms with Crippen molar-refractivity contribution in [2.45, 2.75) is 71.6 Å². The fourth-order valence-corrected chi connectivity index (χ4v) is 3.65. The molecule has 0 aliphatic heterocycles. The van der Waals surface area contributed by atoms with Gasteiger partial charge in [-0.05, 0) is 89.3 Å². The van der Waals surface area contributed by atoms with Crippen LogP contribution in [0.5, 0.6) is 11.6 Å². The lowest BCUT2D eigenvalue weighted by Gasteiger charge is -2.29. The Morgan fingerprint density at radius 2 is 1.58 bits per heavy atom. The molecule has 194 valence electrons. The smallest absolute Gasteiger partial charge is 0.350 e. The van der Waals surface area contributed by atoms with Gasteiger partial charge in [-0.2, -0.15) is 0 Å². The Labute approximate surface area is 208 Å². The predicted octanol–water partition coefficient (Wildman–Crippen LogP) is 4.88. The third kappa shape index (κ3) is 7.19. The van der Waals surface area contributed by atoms with Crippen LogP contribution in [0.25, 0.3) is 0 Å². The fourth-order valence-electron chi connectivity index (χ4n) is 3.65. The van der Waals surface area contributed by atoms with Gasteiger partial charge >= 0.3 is 11.7 Å². The van der Waals surface area contributed by atoms with Crippen LogP contribution in [0, 0.1) is 11.6 Å². The number of hydrogen-bond acceptors (Lipinski definition) is 5. The second-order valence-electron chi connectivity index (χ2n) is 10.2. The van der Waals surface area contributed by atoms with Crippen molar-refractivity contribution in [3.05, 3.63) is 81.4 Å². The van der Waals surface area contributed by atoms with Gasteiger partial charge in [0.2, 0.25) is 5.88 Å². The molecule has 3 rings (SSSR count). The molecule has 0 radical (unpaired) electrons. The van der Waals surface area contributed by atoms with E-state index >= 15 is 0 Å². The molecular weight excluding hydrogens is 470 g/mol. The van der Waals surface area contributed by atoms with Crippen molar-refractivity contribution in [1.29, 1.82) is 0 Å². The summed E-state index contributed by atoms with van der Waals surface area (Å²) in [5, 5.41) is 10.5. The number of carbonyl (C=O) groups is 1. The minimum Gasteiger partial charge on any atom is -0.493 e. The maximum absolute atomic E-state index is 13.4. The van der Waals surface area contributed by atoms with Crippen LogP contribution >= 0.6 is 0 Å². The second kappa shape index (κ2) is 10.6. The summed E-state index contributed by atoms with van der Waals surface area (Å²) in [5.41, 5.74) is -0.722. The van der Waals surface area contributed by atoms with E-state index in [0.29, 0.717) is 30.7 Å². The number of aromatic hydroxyl groups is 1. The van der Waals surface area contributed by atoms with Crippen molar-refractivity contribution in [3.63, 3.8) is 0 Å². The standard InChI is InChI=1S/C27H32F2N2O5/c1-26(2,3)36-24(33)27(4,5)35-21-11-9-17(10-12-21)7-6-8-22-23(32)31(25(34)30-22)16-18-13-19(28)15-20(29)14-18/h9-15,32H,6-8,16H2,1-5H3,(H,30,34). The van der Waals surface area contributed by atoms with Crippen molar-refractivity contribution >= 4 is 5.97 Å². The molecule has 2 aromatic carbocycles. The van der Waals surface area contributed by atoms with Crippen molar-refractivity contribution < 1.29 is 28.2 Å². The molecule has 7 nitrogen and oxygen atoms in total. The Morgan fingerprint density at radius 3 is 2.17 bits per heavy atom. The van der Waals surface area contributed by atoms with Gasteiger partial charge in [-0.3, -0.25) is 4.57 Å². The highest BCUT2D eigenvalue weighted by Crippen LogP contribution is 2.23. The monoisotopic (exact) mass is 502 g/mol. The van der Waals surface area contributed by atoms with Crippen molar-refractivity contribution in [2.24, 2.45) is 0 Å². The summed E-state index contributed by atoms with van der Waals surface area (Å²) in [6.45, 7) is 8.54. The van der Waals surface area contributed by atoms with Gasteiger partial charge in [0.15, 0.2) is 5.60 Å². The molecule has 0 aliphatic rings. The number of esters is 1. The first kappa shape index (κ1) is 27.0. The molecular formula is C27H32F2N2O5. The van der Waals surface area contributed by atoms with E-state index in [1.54, 1.807) is 46.8 Å². The van der Waals surface area contributed by atoms with E-state index in [4.69, 9.17) is 9.47 Å². The molecule has 36 heavy (non-hydrogen) atoms. The molecule has 0 saturated carbocycles. The van der Waals surface area contributed by atoms with Crippen LogP contribution in [0.15, 0.2) is 47.3 Å². The van der Waals surface area contributed by atoms with E-state index in [0.717, 1.165) is 28.3 Å². The number of benzene rings is 2. The number of hydrogen-bond donors (Lipinski definition) is 2. The third-order valence-corrected chi connectivity index (χ3v) is 5.37. The lowest BCUT2D eigenvalue weighted by atomic mass is 10.1. The van der Waals surface area contributed by atoms with Gasteiger partial charge in [0.1, 0.15) is 23.0 Å². The first-order chi connectivity index (χ1) is 16.7. The molecule has 3 aromatic rings. The normalized spacial score (nSPS) is 12.0. The molecule has 0 amide bonds. The number of rotatable bonds is 9. The summed E-state index contributed by atoms with van der Waals surface area (Å²) < 4.78 is 39.2. The van der Waals surface area contributed by atoms with Crippen LogP contribution in [0.4, 0.5) is 8.78 Å². The number of nitrogens with zero attached hydrogens (tertiary/aromatic N) is 1. The molecule has 1 aromatic heterocycles. The SMILES string of the molecule is CC(C)(C)OC(=O)C(C)(C)Oc1ccc(CCCc2[nH]c(=O)n(Cc3cc(F)cc(F)c3)c2O)cc1. The number of aromatic amines is 1. The second-order valence-corrected chi connectivity index (χ2v) is 10.2. The first-order valence-corrected chi connectivity index (χ1v) is 11.7. The van der Waals surface area contributed by atoms with E-state index in [1.165, 1.54) is 0 Å². The Bertz CT molecular complexity index is 1250. The minimum atomic E-state index is -1.15. The van der Waals surface area contributed by atoms with Crippen LogP contribution in [0.2, 0.25) is 0 Å². The Hall–Kier alpha value is -3.62. The van der Waals surface area contributed by atoms with E-state index in [2.05, 4.69) is 4.98 Å². The molecule has 9 heteroatoms. The van der Waals surface area contributed by atoms with Crippen LogP contribution in [0.1, 0.15) is 57.9 Å². The van der Waals surface area contributed by atoms with Crippen LogP contribution < -0.4 is 10.4 Å². The Balaban J connectivity index is 1.57. The summed E-state index contributed by atoms with van der Waals surface area (Å²) in [6.07, 6.45) is 1.69. The number of halogens is 2. The summed E-state index contributed by atoms with van der Waals surface area (Å²) in [7, 11) is 0. The topological polar surface area (TPSA) is 93.5 Å². The van der Waals surface area contributed by atoms with E-state index in [1.807, 2.05) is 12.1 Å². The molecule has 1 heterocycles. The zero-order valence-electron chi connectivity index (χ0n) is 21.2. The minimum absolute atomic E-state index is 0.156.